The van der Waals surface area contributed by atoms with Gasteiger partial charge in [0.1, 0.15) is 5.92 Å². The molecule has 6 nitrogen and oxygen atoms in total. The molecule has 0 bridgehead atoms. The van der Waals surface area contributed by atoms with Gasteiger partial charge in [-0.3, -0.25) is 19.4 Å². The van der Waals surface area contributed by atoms with E-state index >= 15 is 0 Å². The van der Waals surface area contributed by atoms with E-state index in [0.717, 1.165) is 0 Å². The molecule has 1 aromatic heterocycles. The highest BCUT2D eigenvalue weighted by molar-refractivity contribution is 6.06. The highest BCUT2D eigenvalue weighted by Gasteiger charge is 2.39. The van der Waals surface area contributed by atoms with Gasteiger partial charge in [-0.05, 0) is 12.1 Å². The van der Waals surface area contributed by atoms with Crippen molar-refractivity contribution >= 4 is 17.7 Å². The fourth-order valence-electron chi connectivity index (χ4n) is 1.86. The Balaban J connectivity index is 2.11. The van der Waals surface area contributed by atoms with Gasteiger partial charge in [-0.25, -0.2) is 0 Å². The number of carbonyl (C=O) groups excluding carboxylic acids is 3. The molecule has 0 radical (unpaired) electrons. The van der Waals surface area contributed by atoms with Gasteiger partial charge in [0.25, 0.3) is 5.91 Å². The molecular formula is C12H12N2O4. The van der Waals surface area contributed by atoms with Crippen molar-refractivity contribution in [3.8, 4) is 0 Å². The molecule has 0 spiro atoms. The van der Waals surface area contributed by atoms with Gasteiger partial charge in [-0.2, -0.15) is 0 Å². The first-order chi connectivity index (χ1) is 8.63. The molecule has 1 saturated heterocycles. The molecule has 0 saturated carbocycles. The van der Waals surface area contributed by atoms with Crippen LogP contribution >= 0.6 is 0 Å². The summed E-state index contributed by atoms with van der Waals surface area (Å²) in [5.41, 5.74) is 0.399. The number of likely N-dealkylation sites (tertiary alicyclic amines) is 1. The number of amides is 1. The van der Waals surface area contributed by atoms with Crippen LogP contribution in [0, 0.1) is 5.92 Å². The third-order valence-corrected chi connectivity index (χ3v) is 2.82. The number of Topliss-reactive ketones (excluding diaryl/α,β-unsaturated/α-hetero) is 1. The fourth-order valence-corrected chi connectivity index (χ4v) is 1.86. The van der Waals surface area contributed by atoms with Crippen LogP contribution in [0.25, 0.3) is 0 Å². The minimum Gasteiger partial charge on any atom is -0.468 e. The third-order valence-electron chi connectivity index (χ3n) is 2.82. The van der Waals surface area contributed by atoms with Gasteiger partial charge in [0, 0.05) is 18.9 Å². The standard InChI is InChI=1S/C12H12N2O4/c1-18-12(17)9-6-14(7-10(9)15)11(16)8-3-2-4-13-5-8/h2-5,9H,6-7H2,1H3. The maximum atomic E-state index is 12.0. The maximum Gasteiger partial charge on any atom is 0.318 e. The predicted molar refractivity (Wildman–Crippen MR) is 60.7 cm³/mol. The number of methoxy groups -OCH3 is 1. The number of ketones is 1. The van der Waals surface area contributed by atoms with Gasteiger partial charge in [0.05, 0.1) is 19.2 Å². The first kappa shape index (κ1) is 12.2. The van der Waals surface area contributed by atoms with E-state index in [2.05, 4.69) is 9.72 Å². The van der Waals surface area contributed by atoms with E-state index in [0.29, 0.717) is 5.56 Å². The molecule has 0 aromatic carbocycles. The van der Waals surface area contributed by atoms with Crippen molar-refractivity contribution < 1.29 is 19.1 Å². The minimum absolute atomic E-state index is 0.0620. The Hall–Kier alpha value is -2.24. The van der Waals surface area contributed by atoms with Crippen LogP contribution in [-0.2, 0) is 14.3 Å². The van der Waals surface area contributed by atoms with E-state index in [1.807, 2.05) is 0 Å². The zero-order valence-corrected chi connectivity index (χ0v) is 9.83. The number of pyridine rings is 1. The van der Waals surface area contributed by atoms with Crippen molar-refractivity contribution in [3.63, 3.8) is 0 Å². The van der Waals surface area contributed by atoms with Crippen LogP contribution in [0.15, 0.2) is 24.5 Å². The Morgan fingerprint density at radius 3 is 2.89 bits per heavy atom. The lowest BCUT2D eigenvalue weighted by Gasteiger charge is -2.14. The summed E-state index contributed by atoms with van der Waals surface area (Å²) in [6, 6.07) is 3.26. The smallest absolute Gasteiger partial charge is 0.318 e. The number of ether oxygens (including phenoxy) is 1. The molecule has 1 aliphatic heterocycles. The topological polar surface area (TPSA) is 76.6 Å². The van der Waals surface area contributed by atoms with Crippen molar-refractivity contribution in [2.24, 2.45) is 5.92 Å². The van der Waals surface area contributed by atoms with Gasteiger partial charge in [-0.15, -0.1) is 0 Å². The Morgan fingerprint density at radius 2 is 2.28 bits per heavy atom. The van der Waals surface area contributed by atoms with Crippen LogP contribution in [0.2, 0.25) is 0 Å². The average molecular weight is 248 g/mol. The molecule has 1 unspecified atom stereocenters. The summed E-state index contributed by atoms with van der Waals surface area (Å²) < 4.78 is 4.53. The van der Waals surface area contributed by atoms with Gasteiger partial charge in [0.2, 0.25) is 0 Å². The van der Waals surface area contributed by atoms with Gasteiger partial charge in [-0.1, -0.05) is 0 Å². The monoisotopic (exact) mass is 248 g/mol. The number of aromatic nitrogens is 1. The summed E-state index contributed by atoms with van der Waals surface area (Å²) >= 11 is 0. The Bertz CT molecular complexity index is 486. The molecule has 18 heavy (non-hydrogen) atoms. The summed E-state index contributed by atoms with van der Waals surface area (Å²) in [7, 11) is 1.22. The van der Waals surface area contributed by atoms with Crippen molar-refractivity contribution in [2.75, 3.05) is 20.2 Å². The molecule has 1 amide bonds. The van der Waals surface area contributed by atoms with E-state index in [-0.39, 0.29) is 24.8 Å². The molecule has 0 N–H and O–H groups in total. The first-order valence-corrected chi connectivity index (χ1v) is 5.43. The van der Waals surface area contributed by atoms with E-state index in [9.17, 15) is 14.4 Å². The van der Waals surface area contributed by atoms with Crippen LogP contribution in [0.3, 0.4) is 0 Å². The largest absolute Gasteiger partial charge is 0.468 e. The molecule has 2 heterocycles. The number of hydrogen-bond donors (Lipinski definition) is 0. The summed E-state index contributed by atoms with van der Waals surface area (Å²) in [5, 5.41) is 0. The molecule has 6 heteroatoms. The second-order valence-electron chi connectivity index (χ2n) is 3.97. The Labute approximate surface area is 104 Å². The van der Waals surface area contributed by atoms with Crippen LogP contribution in [0.4, 0.5) is 0 Å². The Kier molecular flexibility index (Phi) is 3.36. The third kappa shape index (κ3) is 2.22. The maximum absolute atomic E-state index is 12.0. The highest BCUT2D eigenvalue weighted by atomic mass is 16.5. The van der Waals surface area contributed by atoms with Crippen molar-refractivity contribution in [3.05, 3.63) is 30.1 Å². The molecule has 94 valence electrons. The zero-order chi connectivity index (χ0) is 13.1. The zero-order valence-electron chi connectivity index (χ0n) is 9.83. The summed E-state index contributed by atoms with van der Waals surface area (Å²) in [6.45, 7) is 0.00668. The van der Waals surface area contributed by atoms with Crippen molar-refractivity contribution in [2.45, 2.75) is 0 Å². The minimum atomic E-state index is -0.865. The van der Waals surface area contributed by atoms with E-state index in [1.54, 1.807) is 18.3 Å². The molecule has 0 aliphatic carbocycles. The normalized spacial score (nSPS) is 18.8. The number of rotatable bonds is 2. The number of esters is 1. The quantitative estimate of drug-likeness (QED) is 0.539. The summed E-state index contributed by atoms with van der Waals surface area (Å²) in [4.78, 5) is 40.2. The van der Waals surface area contributed by atoms with E-state index < -0.39 is 11.9 Å². The highest BCUT2D eigenvalue weighted by Crippen LogP contribution is 2.16. The molecule has 2 rings (SSSR count). The van der Waals surface area contributed by atoms with Crippen molar-refractivity contribution in [1.82, 2.24) is 9.88 Å². The molecule has 1 aliphatic rings. The summed E-state index contributed by atoms with van der Waals surface area (Å²) in [5.74, 6) is -2.06. The summed E-state index contributed by atoms with van der Waals surface area (Å²) in [6.07, 6.45) is 2.99. The first-order valence-electron chi connectivity index (χ1n) is 5.43. The van der Waals surface area contributed by atoms with Crippen LogP contribution in [-0.4, -0.2) is 47.7 Å². The van der Waals surface area contributed by atoms with Crippen LogP contribution < -0.4 is 0 Å². The van der Waals surface area contributed by atoms with Crippen LogP contribution in [0.5, 0.6) is 0 Å². The van der Waals surface area contributed by atoms with Gasteiger partial charge < -0.3 is 9.64 Å². The lowest BCUT2D eigenvalue weighted by Crippen LogP contribution is -2.30. The van der Waals surface area contributed by atoms with Crippen molar-refractivity contribution in [1.29, 1.82) is 0 Å². The number of carbonyl (C=O) groups is 3. The van der Waals surface area contributed by atoms with E-state index in [4.69, 9.17) is 0 Å². The second-order valence-corrected chi connectivity index (χ2v) is 3.97. The van der Waals surface area contributed by atoms with Gasteiger partial charge >= 0.3 is 5.97 Å². The lowest BCUT2D eigenvalue weighted by atomic mass is 10.1. The molecule has 1 atom stereocenters. The molecular weight excluding hydrogens is 236 g/mol. The number of nitrogens with zero attached hydrogens (tertiary/aromatic N) is 2. The predicted octanol–water partition coefficient (Wildman–Crippen LogP) is -0.104. The fraction of sp³-hybridized carbons (Fsp3) is 0.333. The van der Waals surface area contributed by atoms with Crippen LogP contribution in [0.1, 0.15) is 10.4 Å². The molecule has 1 fully saturated rings. The molecule has 1 aromatic rings. The van der Waals surface area contributed by atoms with E-state index in [1.165, 1.54) is 18.2 Å². The second kappa shape index (κ2) is 4.95. The SMILES string of the molecule is COC(=O)C1CN(C(=O)c2cccnc2)CC1=O. The average Bonchev–Trinajstić information content (AvgIpc) is 2.80. The Morgan fingerprint density at radius 1 is 1.50 bits per heavy atom. The van der Waals surface area contributed by atoms with Gasteiger partial charge in [0.15, 0.2) is 5.78 Å². The lowest BCUT2D eigenvalue weighted by molar-refractivity contribution is -0.147. The number of hydrogen-bond acceptors (Lipinski definition) is 5.